The standard InChI is InChI=1S/C13H16N4O2/c1-2-12(11-8-14-9-15-11)19-17-13(18)16-10-6-4-3-5-7-10/h3-9,12H,2H2,1H3,(H,14,15)(H2,16,17,18). The Morgan fingerprint density at radius 3 is 2.84 bits per heavy atom. The van der Waals surface area contributed by atoms with E-state index in [2.05, 4.69) is 20.8 Å². The van der Waals surface area contributed by atoms with Gasteiger partial charge < -0.3 is 10.3 Å². The first-order valence-corrected chi connectivity index (χ1v) is 6.06. The zero-order chi connectivity index (χ0) is 13.5. The summed E-state index contributed by atoms with van der Waals surface area (Å²) in [5.74, 6) is 0. The summed E-state index contributed by atoms with van der Waals surface area (Å²) in [7, 11) is 0. The number of hydrogen-bond acceptors (Lipinski definition) is 3. The molecule has 2 amide bonds. The Morgan fingerprint density at radius 1 is 1.42 bits per heavy atom. The summed E-state index contributed by atoms with van der Waals surface area (Å²) in [5.41, 5.74) is 3.82. The maximum absolute atomic E-state index is 11.6. The van der Waals surface area contributed by atoms with Gasteiger partial charge in [-0.1, -0.05) is 25.1 Å². The number of nitrogens with one attached hydrogen (secondary N) is 3. The second kappa shape index (κ2) is 6.55. The highest BCUT2D eigenvalue weighted by Gasteiger charge is 2.13. The van der Waals surface area contributed by atoms with Gasteiger partial charge in [-0.15, -0.1) is 0 Å². The highest BCUT2D eigenvalue weighted by molar-refractivity contribution is 5.88. The summed E-state index contributed by atoms with van der Waals surface area (Å²) < 4.78 is 0. The number of aromatic amines is 1. The summed E-state index contributed by atoms with van der Waals surface area (Å²) in [5, 5.41) is 2.66. The highest BCUT2D eigenvalue weighted by atomic mass is 16.7. The van der Waals surface area contributed by atoms with Crippen molar-refractivity contribution in [2.45, 2.75) is 19.4 Å². The third-order valence-corrected chi connectivity index (χ3v) is 2.55. The van der Waals surface area contributed by atoms with Crippen LogP contribution in [0.1, 0.15) is 25.1 Å². The average molecular weight is 260 g/mol. The van der Waals surface area contributed by atoms with Gasteiger partial charge in [-0.25, -0.2) is 15.3 Å². The molecule has 2 rings (SSSR count). The third kappa shape index (κ3) is 3.82. The fourth-order valence-corrected chi connectivity index (χ4v) is 1.60. The van der Waals surface area contributed by atoms with Gasteiger partial charge in [-0.2, -0.15) is 0 Å². The molecule has 1 heterocycles. The number of aromatic nitrogens is 2. The number of nitrogens with zero attached hydrogens (tertiary/aromatic N) is 1. The average Bonchev–Trinajstić information content (AvgIpc) is 2.95. The van der Waals surface area contributed by atoms with Crippen molar-refractivity contribution in [3.63, 3.8) is 0 Å². The van der Waals surface area contributed by atoms with Crippen LogP contribution in [0, 0.1) is 0 Å². The second-order valence-electron chi connectivity index (χ2n) is 3.93. The molecule has 2 aromatic rings. The Kier molecular flexibility index (Phi) is 4.52. The van der Waals surface area contributed by atoms with Crippen LogP contribution in [0.2, 0.25) is 0 Å². The minimum absolute atomic E-state index is 0.271. The molecule has 0 fully saturated rings. The van der Waals surface area contributed by atoms with E-state index in [-0.39, 0.29) is 6.10 Å². The van der Waals surface area contributed by atoms with E-state index >= 15 is 0 Å². The number of para-hydroxylation sites is 1. The molecule has 0 radical (unpaired) electrons. The first-order chi connectivity index (χ1) is 9.29. The number of anilines is 1. The van der Waals surface area contributed by atoms with Crippen LogP contribution in [0.4, 0.5) is 10.5 Å². The molecule has 1 atom stereocenters. The van der Waals surface area contributed by atoms with Crippen LogP contribution in [0.5, 0.6) is 0 Å². The third-order valence-electron chi connectivity index (χ3n) is 2.55. The number of amides is 2. The summed E-state index contributed by atoms with van der Waals surface area (Å²) in [4.78, 5) is 23.9. The van der Waals surface area contributed by atoms with Crippen LogP contribution in [0.15, 0.2) is 42.9 Å². The first-order valence-electron chi connectivity index (χ1n) is 6.06. The number of carbonyl (C=O) groups is 1. The van der Waals surface area contributed by atoms with E-state index in [0.717, 1.165) is 5.69 Å². The SMILES string of the molecule is CCC(ONC(=O)Nc1ccccc1)c1c[nH]cn1. The van der Waals surface area contributed by atoms with Gasteiger partial charge in [0, 0.05) is 11.9 Å². The predicted molar refractivity (Wildman–Crippen MR) is 71.3 cm³/mol. The Bertz CT molecular complexity index is 499. The van der Waals surface area contributed by atoms with Gasteiger partial charge >= 0.3 is 6.03 Å². The summed E-state index contributed by atoms with van der Waals surface area (Å²) in [6.45, 7) is 1.95. The Labute approximate surface area is 111 Å². The molecule has 1 aromatic carbocycles. The topological polar surface area (TPSA) is 79.0 Å². The lowest BCUT2D eigenvalue weighted by Gasteiger charge is -2.14. The van der Waals surface area contributed by atoms with Crippen molar-refractivity contribution in [1.29, 1.82) is 0 Å². The van der Waals surface area contributed by atoms with E-state index in [1.165, 1.54) is 0 Å². The Hall–Kier alpha value is -2.34. The fraction of sp³-hybridized carbons (Fsp3) is 0.231. The molecule has 0 spiro atoms. The lowest BCUT2D eigenvalue weighted by atomic mass is 10.2. The number of H-pyrrole nitrogens is 1. The van der Waals surface area contributed by atoms with Gasteiger partial charge in [0.05, 0.1) is 12.0 Å². The molecule has 0 aliphatic heterocycles. The first kappa shape index (κ1) is 13.1. The monoisotopic (exact) mass is 260 g/mol. The number of benzene rings is 1. The quantitative estimate of drug-likeness (QED) is 0.723. The van der Waals surface area contributed by atoms with E-state index in [1.807, 2.05) is 25.1 Å². The van der Waals surface area contributed by atoms with Gasteiger partial charge in [-0.3, -0.25) is 4.84 Å². The fourth-order valence-electron chi connectivity index (χ4n) is 1.60. The van der Waals surface area contributed by atoms with Crippen molar-refractivity contribution in [2.24, 2.45) is 0 Å². The lowest BCUT2D eigenvalue weighted by molar-refractivity contribution is -0.00661. The van der Waals surface area contributed by atoms with E-state index in [0.29, 0.717) is 12.1 Å². The molecule has 0 saturated heterocycles. The molecule has 0 aliphatic rings. The van der Waals surface area contributed by atoms with Crippen molar-refractivity contribution >= 4 is 11.7 Å². The molecule has 3 N–H and O–H groups in total. The van der Waals surface area contributed by atoms with Crippen LogP contribution < -0.4 is 10.8 Å². The molecule has 0 saturated carbocycles. The summed E-state index contributed by atoms with van der Waals surface area (Å²) in [6.07, 6.45) is 3.75. The zero-order valence-corrected chi connectivity index (χ0v) is 10.6. The molecule has 6 nitrogen and oxygen atoms in total. The van der Waals surface area contributed by atoms with Crippen LogP contribution >= 0.6 is 0 Å². The van der Waals surface area contributed by atoms with E-state index in [1.54, 1.807) is 24.7 Å². The van der Waals surface area contributed by atoms with Gasteiger partial charge in [0.2, 0.25) is 0 Å². The van der Waals surface area contributed by atoms with Crippen molar-refractivity contribution in [1.82, 2.24) is 15.4 Å². The lowest BCUT2D eigenvalue weighted by Crippen LogP contribution is -2.30. The summed E-state index contributed by atoms with van der Waals surface area (Å²) in [6, 6.07) is 8.74. The van der Waals surface area contributed by atoms with E-state index in [9.17, 15) is 4.79 Å². The molecule has 6 heteroatoms. The predicted octanol–water partition coefficient (Wildman–Crippen LogP) is 2.61. The van der Waals surface area contributed by atoms with Crippen molar-refractivity contribution in [3.8, 4) is 0 Å². The minimum atomic E-state index is -0.416. The number of hydroxylamine groups is 1. The maximum Gasteiger partial charge on any atom is 0.343 e. The number of imidazole rings is 1. The van der Waals surface area contributed by atoms with Crippen molar-refractivity contribution < 1.29 is 9.63 Å². The van der Waals surface area contributed by atoms with E-state index < -0.39 is 6.03 Å². The second-order valence-corrected chi connectivity index (χ2v) is 3.93. The van der Waals surface area contributed by atoms with Crippen LogP contribution in [-0.4, -0.2) is 16.0 Å². The minimum Gasteiger partial charge on any atom is -0.351 e. The zero-order valence-electron chi connectivity index (χ0n) is 10.6. The number of rotatable bonds is 5. The Balaban J connectivity index is 1.83. The molecular formula is C13H16N4O2. The molecule has 0 aliphatic carbocycles. The number of hydrogen-bond donors (Lipinski definition) is 3. The molecule has 0 bridgehead atoms. The highest BCUT2D eigenvalue weighted by Crippen LogP contribution is 2.16. The van der Waals surface area contributed by atoms with Crippen molar-refractivity contribution in [3.05, 3.63) is 48.5 Å². The van der Waals surface area contributed by atoms with Crippen molar-refractivity contribution in [2.75, 3.05) is 5.32 Å². The van der Waals surface area contributed by atoms with Crippen LogP contribution in [0.3, 0.4) is 0 Å². The molecule has 19 heavy (non-hydrogen) atoms. The Morgan fingerprint density at radius 2 is 2.21 bits per heavy atom. The smallest absolute Gasteiger partial charge is 0.343 e. The largest absolute Gasteiger partial charge is 0.351 e. The van der Waals surface area contributed by atoms with Gasteiger partial charge in [0.15, 0.2) is 0 Å². The number of urea groups is 1. The number of carbonyl (C=O) groups excluding carboxylic acids is 1. The maximum atomic E-state index is 11.6. The van der Waals surface area contributed by atoms with Gasteiger partial charge in [-0.05, 0) is 18.6 Å². The van der Waals surface area contributed by atoms with Crippen LogP contribution in [0.25, 0.3) is 0 Å². The molecular weight excluding hydrogens is 244 g/mol. The van der Waals surface area contributed by atoms with Crippen LogP contribution in [-0.2, 0) is 4.84 Å². The van der Waals surface area contributed by atoms with Gasteiger partial charge in [0.25, 0.3) is 0 Å². The molecule has 100 valence electrons. The molecule has 1 unspecified atom stereocenters. The molecule has 1 aromatic heterocycles. The van der Waals surface area contributed by atoms with Gasteiger partial charge in [0.1, 0.15) is 6.10 Å². The van der Waals surface area contributed by atoms with E-state index in [4.69, 9.17) is 4.84 Å². The summed E-state index contributed by atoms with van der Waals surface area (Å²) >= 11 is 0. The normalized spacial score (nSPS) is 11.8.